The third kappa shape index (κ3) is 3.60. The van der Waals surface area contributed by atoms with Gasteiger partial charge in [-0.25, -0.2) is 8.78 Å². The summed E-state index contributed by atoms with van der Waals surface area (Å²) in [6.07, 6.45) is 0.178. The fraction of sp³-hybridized carbons (Fsp3) is 0.438. The zero-order valence-corrected chi connectivity index (χ0v) is 12.2. The molecule has 0 fully saturated rings. The number of ether oxygens (including phenoxy) is 1. The normalized spacial score (nSPS) is 15.4. The molecule has 21 heavy (non-hydrogen) atoms. The molecule has 0 aliphatic carbocycles. The molecule has 1 aromatic rings. The zero-order chi connectivity index (χ0) is 15.4. The number of hydrogen-bond acceptors (Lipinski definition) is 2. The fourth-order valence-corrected chi connectivity index (χ4v) is 2.49. The molecule has 2 rings (SSSR count). The minimum Gasteiger partial charge on any atom is -0.494 e. The number of amides is 1. The topological polar surface area (TPSA) is 29.5 Å². The number of benzene rings is 1. The average molecular weight is 295 g/mol. The standard InChI is InChI=1S/C16H19F2NO2/c1-3-21-12-7-8-13(11(2)9-12)14-5-4-6-16(20)19(14)10-15(17)18/h5,7-9,15H,3-4,6,10H2,1-2H3. The van der Waals surface area contributed by atoms with Gasteiger partial charge in [0, 0.05) is 17.7 Å². The summed E-state index contributed by atoms with van der Waals surface area (Å²) in [6.45, 7) is 3.79. The van der Waals surface area contributed by atoms with Gasteiger partial charge in [0.1, 0.15) is 5.75 Å². The molecular weight excluding hydrogens is 276 g/mol. The Morgan fingerprint density at radius 1 is 1.38 bits per heavy atom. The molecule has 0 saturated heterocycles. The average Bonchev–Trinajstić information content (AvgIpc) is 2.42. The Balaban J connectivity index is 2.33. The molecule has 0 unspecified atom stereocenters. The Bertz CT molecular complexity index is 555. The van der Waals surface area contributed by atoms with Crippen LogP contribution in [0.15, 0.2) is 24.3 Å². The Kier molecular flexibility index (Phi) is 4.94. The highest BCUT2D eigenvalue weighted by Gasteiger charge is 2.26. The molecule has 1 amide bonds. The van der Waals surface area contributed by atoms with Crippen LogP contribution in [0.25, 0.3) is 5.70 Å². The van der Waals surface area contributed by atoms with E-state index in [1.54, 1.807) is 6.07 Å². The van der Waals surface area contributed by atoms with Gasteiger partial charge in [-0.3, -0.25) is 4.79 Å². The molecule has 3 nitrogen and oxygen atoms in total. The van der Waals surface area contributed by atoms with Crippen LogP contribution < -0.4 is 4.74 Å². The van der Waals surface area contributed by atoms with Crippen molar-refractivity contribution in [1.29, 1.82) is 0 Å². The van der Waals surface area contributed by atoms with E-state index in [9.17, 15) is 13.6 Å². The van der Waals surface area contributed by atoms with Crippen LogP contribution in [0.2, 0.25) is 0 Å². The number of halogens is 2. The van der Waals surface area contributed by atoms with Gasteiger partial charge in [0.2, 0.25) is 5.91 Å². The number of alkyl halides is 2. The summed E-state index contributed by atoms with van der Waals surface area (Å²) in [5.41, 5.74) is 2.28. The van der Waals surface area contributed by atoms with E-state index in [1.807, 2.05) is 32.1 Å². The first kappa shape index (κ1) is 15.5. The molecule has 114 valence electrons. The van der Waals surface area contributed by atoms with Crippen molar-refractivity contribution in [2.45, 2.75) is 33.1 Å². The van der Waals surface area contributed by atoms with Gasteiger partial charge in [-0.2, -0.15) is 0 Å². The van der Waals surface area contributed by atoms with E-state index in [0.29, 0.717) is 18.7 Å². The molecule has 1 aliphatic rings. The van der Waals surface area contributed by atoms with Crippen molar-refractivity contribution in [3.8, 4) is 5.75 Å². The van der Waals surface area contributed by atoms with E-state index in [0.717, 1.165) is 16.9 Å². The molecule has 0 N–H and O–H groups in total. The highest BCUT2D eigenvalue weighted by molar-refractivity contribution is 5.89. The summed E-state index contributed by atoms with van der Waals surface area (Å²) in [7, 11) is 0. The first-order chi connectivity index (χ1) is 10.0. The summed E-state index contributed by atoms with van der Waals surface area (Å²) >= 11 is 0. The predicted octanol–water partition coefficient (Wildman–Crippen LogP) is 3.62. The van der Waals surface area contributed by atoms with Gasteiger partial charge < -0.3 is 9.64 Å². The minimum atomic E-state index is -2.54. The highest BCUT2D eigenvalue weighted by atomic mass is 19.3. The molecule has 5 heteroatoms. The Hall–Kier alpha value is -1.91. The van der Waals surface area contributed by atoms with Gasteiger partial charge in [-0.15, -0.1) is 0 Å². The van der Waals surface area contributed by atoms with Crippen LogP contribution >= 0.6 is 0 Å². The lowest BCUT2D eigenvalue weighted by atomic mass is 10.00. The smallest absolute Gasteiger partial charge is 0.256 e. The zero-order valence-electron chi connectivity index (χ0n) is 12.2. The van der Waals surface area contributed by atoms with Crippen molar-refractivity contribution < 1.29 is 18.3 Å². The number of hydrogen-bond donors (Lipinski definition) is 0. The third-order valence-electron chi connectivity index (χ3n) is 3.39. The van der Waals surface area contributed by atoms with Crippen molar-refractivity contribution in [1.82, 2.24) is 4.90 Å². The number of aryl methyl sites for hydroxylation is 1. The van der Waals surface area contributed by atoms with Gasteiger partial charge in [-0.1, -0.05) is 6.08 Å². The second kappa shape index (κ2) is 6.70. The lowest BCUT2D eigenvalue weighted by Crippen LogP contribution is -2.35. The van der Waals surface area contributed by atoms with E-state index in [2.05, 4.69) is 0 Å². The molecule has 0 atom stereocenters. The molecule has 0 spiro atoms. The van der Waals surface area contributed by atoms with Gasteiger partial charge in [0.15, 0.2) is 0 Å². The maximum atomic E-state index is 12.7. The van der Waals surface area contributed by atoms with Crippen LogP contribution in [0.3, 0.4) is 0 Å². The van der Waals surface area contributed by atoms with Crippen LogP contribution in [0.1, 0.15) is 30.9 Å². The molecule has 1 aliphatic heterocycles. The minimum absolute atomic E-state index is 0.249. The summed E-state index contributed by atoms with van der Waals surface area (Å²) in [6, 6.07) is 5.48. The number of nitrogens with zero attached hydrogens (tertiary/aromatic N) is 1. The predicted molar refractivity (Wildman–Crippen MR) is 77.3 cm³/mol. The summed E-state index contributed by atoms with van der Waals surface area (Å²) in [5, 5.41) is 0. The Labute approximate surface area is 123 Å². The van der Waals surface area contributed by atoms with Gasteiger partial charge in [0.05, 0.1) is 13.2 Å². The van der Waals surface area contributed by atoms with Crippen LogP contribution in [0.5, 0.6) is 5.75 Å². The van der Waals surface area contributed by atoms with E-state index in [-0.39, 0.29) is 12.3 Å². The van der Waals surface area contributed by atoms with Crippen LogP contribution in [0, 0.1) is 6.92 Å². The largest absolute Gasteiger partial charge is 0.494 e. The maximum Gasteiger partial charge on any atom is 0.256 e. The lowest BCUT2D eigenvalue weighted by molar-refractivity contribution is -0.129. The molecule has 0 radical (unpaired) electrons. The van der Waals surface area contributed by atoms with E-state index >= 15 is 0 Å². The van der Waals surface area contributed by atoms with Crippen molar-refractivity contribution >= 4 is 11.6 Å². The quantitative estimate of drug-likeness (QED) is 0.830. The first-order valence-corrected chi connectivity index (χ1v) is 7.05. The molecule has 1 heterocycles. The van der Waals surface area contributed by atoms with Crippen LogP contribution in [-0.2, 0) is 4.79 Å². The second-order valence-electron chi connectivity index (χ2n) is 4.93. The van der Waals surface area contributed by atoms with Crippen molar-refractivity contribution in [3.05, 3.63) is 35.4 Å². The van der Waals surface area contributed by atoms with E-state index in [4.69, 9.17) is 4.74 Å². The molecule has 0 aromatic heterocycles. The van der Waals surface area contributed by atoms with Crippen LogP contribution in [0.4, 0.5) is 8.78 Å². The third-order valence-corrected chi connectivity index (χ3v) is 3.39. The monoisotopic (exact) mass is 295 g/mol. The molecule has 0 bridgehead atoms. The van der Waals surface area contributed by atoms with Crippen molar-refractivity contribution in [2.75, 3.05) is 13.2 Å². The first-order valence-electron chi connectivity index (χ1n) is 7.05. The number of rotatable bonds is 5. The number of carbonyl (C=O) groups excluding carboxylic acids is 1. The highest BCUT2D eigenvalue weighted by Crippen LogP contribution is 2.30. The van der Waals surface area contributed by atoms with Crippen LogP contribution in [-0.4, -0.2) is 30.4 Å². The molecular formula is C16H19F2NO2. The van der Waals surface area contributed by atoms with Gasteiger partial charge >= 0.3 is 0 Å². The van der Waals surface area contributed by atoms with E-state index in [1.165, 1.54) is 4.90 Å². The number of allylic oxidation sites excluding steroid dienone is 1. The van der Waals surface area contributed by atoms with Crippen molar-refractivity contribution in [3.63, 3.8) is 0 Å². The Morgan fingerprint density at radius 2 is 2.14 bits per heavy atom. The molecule has 1 aromatic carbocycles. The summed E-state index contributed by atoms with van der Waals surface area (Å²) < 4.78 is 30.8. The maximum absolute atomic E-state index is 12.7. The molecule has 0 saturated carbocycles. The summed E-state index contributed by atoms with van der Waals surface area (Å²) in [4.78, 5) is 13.1. The Morgan fingerprint density at radius 3 is 2.76 bits per heavy atom. The summed E-state index contributed by atoms with van der Waals surface area (Å²) in [5.74, 6) is 0.489. The van der Waals surface area contributed by atoms with Crippen molar-refractivity contribution in [2.24, 2.45) is 0 Å². The van der Waals surface area contributed by atoms with Gasteiger partial charge in [0.25, 0.3) is 6.43 Å². The fourth-order valence-electron chi connectivity index (χ4n) is 2.49. The van der Waals surface area contributed by atoms with E-state index < -0.39 is 13.0 Å². The second-order valence-corrected chi connectivity index (χ2v) is 4.93. The lowest BCUT2D eigenvalue weighted by Gasteiger charge is -2.29. The van der Waals surface area contributed by atoms with Gasteiger partial charge in [-0.05, 0) is 44.0 Å². The SMILES string of the molecule is CCOc1ccc(C2=CCCC(=O)N2CC(F)F)c(C)c1. The number of carbonyl (C=O) groups is 1.